The smallest absolute Gasteiger partial charge is 0.335 e. The van der Waals surface area contributed by atoms with Gasteiger partial charge in [-0.1, -0.05) is 0 Å². The average Bonchev–Trinajstić information content (AvgIpc) is 2.67. The van der Waals surface area contributed by atoms with Gasteiger partial charge in [0.2, 0.25) is 5.95 Å². The normalized spacial score (nSPS) is 26.3. The fourth-order valence-electron chi connectivity index (χ4n) is 3.05. The van der Waals surface area contributed by atoms with Gasteiger partial charge >= 0.3 is 5.97 Å². The number of nitrogens with zero attached hydrogens (tertiary/aromatic N) is 2. The lowest BCUT2D eigenvalue weighted by Crippen LogP contribution is -2.61. The number of benzene rings is 1. The number of carboxylic acid groups (broad SMARTS) is 1. The van der Waals surface area contributed by atoms with E-state index in [-0.39, 0.29) is 16.5 Å². The Morgan fingerprint density at radius 1 is 1.00 bits per heavy atom. The highest BCUT2D eigenvalue weighted by atomic mass is 32.2. The van der Waals surface area contributed by atoms with Gasteiger partial charge in [0.25, 0.3) is 10.0 Å². The second-order valence-corrected chi connectivity index (χ2v) is 8.72. The summed E-state index contributed by atoms with van der Waals surface area (Å²) < 4.78 is 32.6. The maximum atomic E-state index is 12.6. The minimum atomic E-state index is -3.98. The SMILES string of the molecule is Cc1cc(C)nc(NS(=O)(=O)c2ccc(NC3OC(C(=O)O)C(O)C(O)C3O)cc2)n1. The largest absolute Gasteiger partial charge is 0.479 e. The molecule has 0 aliphatic carbocycles. The molecule has 5 atom stereocenters. The van der Waals surface area contributed by atoms with Crippen LogP contribution in [0.5, 0.6) is 0 Å². The fourth-order valence-corrected chi connectivity index (χ4v) is 3.99. The average molecular weight is 454 g/mol. The number of aryl methyl sites for hydroxylation is 2. The Kier molecular flexibility index (Phi) is 6.43. The highest BCUT2D eigenvalue weighted by molar-refractivity contribution is 7.92. The summed E-state index contributed by atoms with van der Waals surface area (Å²) in [6.07, 6.45) is -8.30. The van der Waals surface area contributed by atoms with Crippen molar-refractivity contribution in [3.05, 3.63) is 41.7 Å². The standard InChI is InChI=1S/C18H22N4O8S/c1-8-7-9(2)20-18(19-8)22-31(28,29)11-5-3-10(4-6-11)21-16-14(25)12(23)13(24)15(30-16)17(26)27/h3-7,12-16,21,23-25H,1-2H3,(H,26,27)(H,19,20,22). The maximum Gasteiger partial charge on any atom is 0.335 e. The molecule has 1 saturated heterocycles. The molecule has 1 aromatic heterocycles. The molecule has 31 heavy (non-hydrogen) atoms. The molecule has 1 aromatic carbocycles. The van der Waals surface area contributed by atoms with E-state index in [1.54, 1.807) is 19.9 Å². The first-order chi connectivity index (χ1) is 14.5. The lowest BCUT2D eigenvalue weighted by atomic mass is 9.98. The second-order valence-electron chi connectivity index (χ2n) is 7.04. The highest BCUT2D eigenvalue weighted by Gasteiger charge is 2.46. The van der Waals surface area contributed by atoms with E-state index in [0.29, 0.717) is 11.4 Å². The fraction of sp³-hybridized carbons (Fsp3) is 0.389. The number of aromatic nitrogens is 2. The molecule has 0 saturated carbocycles. The van der Waals surface area contributed by atoms with Crippen LogP contribution in [-0.2, 0) is 19.6 Å². The van der Waals surface area contributed by atoms with Crippen LogP contribution in [-0.4, -0.2) is 75.4 Å². The molecule has 1 aliphatic rings. The number of aliphatic hydroxyl groups is 3. The topological polar surface area (TPSA) is 191 Å². The first-order valence-corrected chi connectivity index (χ1v) is 10.6. The quantitative estimate of drug-likeness (QED) is 0.320. The van der Waals surface area contributed by atoms with Crippen molar-refractivity contribution in [2.75, 3.05) is 10.0 Å². The van der Waals surface area contributed by atoms with Crippen LogP contribution in [0.4, 0.5) is 11.6 Å². The molecular formula is C18H22N4O8S. The van der Waals surface area contributed by atoms with Crippen molar-refractivity contribution >= 4 is 27.6 Å². The molecule has 0 amide bonds. The van der Waals surface area contributed by atoms with Crippen molar-refractivity contribution in [3.8, 4) is 0 Å². The van der Waals surface area contributed by atoms with Gasteiger partial charge in [0.1, 0.15) is 18.3 Å². The molecule has 13 heteroatoms. The van der Waals surface area contributed by atoms with Crippen molar-refractivity contribution in [1.29, 1.82) is 0 Å². The van der Waals surface area contributed by atoms with E-state index in [9.17, 15) is 28.5 Å². The van der Waals surface area contributed by atoms with Crippen molar-refractivity contribution < 1.29 is 38.4 Å². The number of aliphatic carboxylic acids is 1. The van der Waals surface area contributed by atoms with E-state index < -0.39 is 46.6 Å². The molecular weight excluding hydrogens is 432 g/mol. The van der Waals surface area contributed by atoms with Gasteiger partial charge in [-0.05, 0) is 44.2 Å². The predicted octanol–water partition coefficient (Wildman–Crippen LogP) is -0.802. The van der Waals surface area contributed by atoms with Crippen molar-refractivity contribution in [1.82, 2.24) is 9.97 Å². The zero-order chi connectivity index (χ0) is 22.9. The molecule has 2 heterocycles. The molecule has 3 rings (SSSR count). The molecule has 168 valence electrons. The molecule has 6 N–H and O–H groups in total. The van der Waals surface area contributed by atoms with Crippen LogP contribution in [0.25, 0.3) is 0 Å². The van der Waals surface area contributed by atoms with Gasteiger partial charge in [0.15, 0.2) is 12.3 Å². The molecule has 1 fully saturated rings. The lowest BCUT2D eigenvalue weighted by molar-refractivity contribution is -0.221. The van der Waals surface area contributed by atoms with Gasteiger partial charge in [0, 0.05) is 17.1 Å². The summed E-state index contributed by atoms with van der Waals surface area (Å²) in [5.74, 6) is -1.57. The summed E-state index contributed by atoms with van der Waals surface area (Å²) in [7, 11) is -3.98. The number of carboxylic acids is 1. The van der Waals surface area contributed by atoms with E-state index in [0.717, 1.165) is 0 Å². The van der Waals surface area contributed by atoms with Crippen molar-refractivity contribution in [3.63, 3.8) is 0 Å². The Balaban J connectivity index is 1.74. The van der Waals surface area contributed by atoms with Gasteiger partial charge < -0.3 is 30.5 Å². The zero-order valence-electron chi connectivity index (χ0n) is 16.5. The first-order valence-electron chi connectivity index (χ1n) is 9.12. The summed E-state index contributed by atoms with van der Waals surface area (Å²) >= 11 is 0. The number of rotatable bonds is 6. The minimum Gasteiger partial charge on any atom is -0.479 e. The van der Waals surface area contributed by atoms with Crippen LogP contribution in [0.1, 0.15) is 11.4 Å². The zero-order valence-corrected chi connectivity index (χ0v) is 17.3. The molecule has 0 radical (unpaired) electrons. The number of anilines is 2. The molecule has 0 bridgehead atoms. The third-order valence-electron chi connectivity index (χ3n) is 4.54. The molecule has 2 aromatic rings. The highest BCUT2D eigenvalue weighted by Crippen LogP contribution is 2.24. The number of ether oxygens (including phenoxy) is 1. The van der Waals surface area contributed by atoms with Gasteiger partial charge in [-0.15, -0.1) is 0 Å². The van der Waals surface area contributed by atoms with E-state index >= 15 is 0 Å². The minimum absolute atomic E-state index is 0.0642. The van der Waals surface area contributed by atoms with Crippen LogP contribution in [0, 0.1) is 13.8 Å². The summed E-state index contributed by atoms with van der Waals surface area (Å²) in [6, 6.07) is 6.95. The van der Waals surface area contributed by atoms with E-state index in [1.807, 2.05) is 0 Å². The van der Waals surface area contributed by atoms with Crippen LogP contribution in [0.2, 0.25) is 0 Å². The predicted molar refractivity (Wildman–Crippen MR) is 107 cm³/mol. The molecule has 5 unspecified atom stereocenters. The van der Waals surface area contributed by atoms with Gasteiger partial charge in [-0.25, -0.2) is 27.9 Å². The van der Waals surface area contributed by atoms with Crippen LogP contribution in [0.3, 0.4) is 0 Å². The molecule has 1 aliphatic heterocycles. The van der Waals surface area contributed by atoms with Gasteiger partial charge in [-0.2, -0.15) is 0 Å². The number of carbonyl (C=O) groups is 1. The third kappa shape index (κ3) is 5.08. The first kappa shape index (κ1) is 22.8. The monoisotopic (exact) mass is 454 g/mol. The Hall–Kier alpha value is -2.84. The van der Waals surface area contributed by atoms with Crippen molar-refractivity contribution in [2.24, 2.45) is 0 Å². The summed E-state index contributed by atoms with van der Waals surface area (Å²) in [5, 5.41) is 41.4. The number of hydrogen-bond donors (Lipinski definition) is 6. The van der Waals surface area contributed by atoms with Crippen LogP contribution in [0.15, 0.2) is 35.2 Å². The summed E-state index contributed by atoms with van der Waals surface area (Å²) in [4.78, 5) is 19.1. The molecule has 12 nitrogen and oxygen atoms in total. The lowest BCUT2D eigenvalue weighted by Gasteiger charge is -2.39. The van der Waals surface area contributed by atoms with Crippen LogP contribution >= 0.6 is 0 Å². The number of nitrogens with one attached hydrogen (secondary N) is 2. The maximum absolute atomic E-state index is 12.6. The second kappa shape index (κ2) is 8.72. The van der Waals surface area contributed by atoms with E-state index in [1.165, 1.54) is 24.3 Å². The number of sulfonamides is 1. The van der Waals surface area contributed by atoms with E-state index in [4.69, 9.17) is 9.84 Å². The Morgan fingerprint density at radius 2 is 1.58 bits per heavy atom. The van der Waals surface area contributed by atoms with Gasteiger partial charge in [-0.3, -0.25) is 0 Å². The van der Waals surface area contributed by atoms with Crippen LogP contribution < -0.4 is 10.0 Å². The summed E-state index contributed by atoms with van der Waals surface area (Å²) in [6.45, 7) is 3.42. The Morgan fingerprint density at radius 3 is 2.13 bits per heavy atom. The molecule has 0 spiro atoms. The summed E-state index contributed by atoms with van der Waals surface area (Å²) in [5.41, 5.74) is 1.48. The van der Waals surface area contributed by atoms with E-state index in [2.05, 4.69) is 20.0 Å². The van der Waals surface area contributed by atoms with Gasteiger partial charge in [0.05, 0.1) is 4.90 Å². The Labute approximate surface area is 177 Å². The Bertz CT molecular complexity index is 1040. The number of aliphatic hydroxyl groups excluding tert-OH is 3. The number of hydrogen-bond acceptors (Lipinski definition) is 10. The van der Waals surface area contributed by atoms with Crippen molar-refractivity contribution in [2.45, 2.75) is 49.4 Å². The third-order valence-corrected chi connectivity index (χ3v) is 5.88.